The summed E-state index contributed by atoms with van der Waals surface area (Å²) in [6.45, 7) is 7.50. The molecule has 1 atom stereocenters. The Balaban J connectivity index is 1.53. The van der Waals surface area contributed by atoms with Crippen LogP contribution in [0, 0.1) is 5.92 Å². The molecule has 1 N–H and O–H groups in total. The molecule has 2 heterocycles. The Morgan fingerprint density at radius 3 is 2.52 bits per heavy atom. The molecular weight excluding hydrogens is 434 g/mol. The number of thioether (sulfide) groups is 1. The number of aromatic nitrogens is 4. The molecule has 2 aromatic carbocycles. The number of para-hydroxylation sites is 1. The zero-order valence-electron chi connectivity index (χ0n) is 19.2. The number of nitrogens with one attached hydrogen (secondary N) is 1. The fourth-order valence-corrected chi connectivity index (χ4v) is 4.53. The lowest BCUT2D eigenvalue weighted by atomic mass is 10.0. The van der Waals surface area contributed by atoms with Gasteiger partial charge in [-0.2, -0.15) is 0 Å². The van der Waals surface area contributed by atoms with E-state index >= 15 is 0 Å². The van der Waals surface area contributed by atoms with Crippen LogP contribution < -0.4 is 10.9 Å². The number of aryl methyl sites for hydroxylation is 1. The van der Waals surface area contributed by atoms with Crippen molar-refractivity contribution in [2.24, 2.45) is 5.92 Å². The van der Waals surface area contributed by atoms with Crippen molar-refractivity contribution in [1.29, 1.82) is 0 Å². The average molecular weight is 464 g/mol. The standard InChI is InChI=1S/C25H29N5O2S/c1-17(2)13-14-29-23(32)20-11-7-8-12-21(20)30-24(29)27-28-25(30)33-16-22(31)26-15-18(3)19-9-5-4-6-10-19/h4-12,17-18H,13-16H2,1-3H3,(H,26,31). The number of benzene rings is 2. The van der Waals surface area contributed by atoms with E-state index < -0.39 is 0 Å². The Morgan fingerprint density at radius 1 is 1.03 bits per heavy atom. The molecule has 2 aromatic heterocycles. The highest BCUT2D eigenvalue weighted by Crippen LogP contribution is 2.22. The van der Waals surface area contributed by atoms with Crippen LogP contribution in [0.5, 0.6) is 0 Å². The second-order valence-corrected chi connectivity index (χ2v) is 9.62. The van der Waals surface area contributed by atoms with Crippen LogP contribution in [0.3, 0.4) is 0 Å². The zero-order chi connectivity index (χ0) is 23.4. The van der Waals surface area contributed by atoms with E-state index in [1.807, 2.05) is 46.9 Å². The first-order valence-electron chi connectivity index (χ1n) is 11.3. The highest BCUT2D eigenvalue weighted by molar-refractivity contribution is 7.99. The second kappa shape index (κ2) is 10.2. The number of nitrogens with zero attached hydrogens (tertiary/aromatic N) is 4. The number of rotatable bonds is 9. The van der Waals surface area contributed by atoms with E-state index in [-0.39, 0.29) is 23.1 Å². The third-order valence-corrected chi connectivity index (χ3v) is 6.64. The summed E-state index contributed by atoms with van der Waals surface area (Å²) in [4.78, 5) is 25.6. The summed E-state index contributed by atoms with van der Waals surface area (Å²) >= 11 is 1.33. The van der Waals surface area contributed by atoms with Crippen LogP contribution in [0.2, 0.25) is 0 Å². The Morgan fingerprint density at radius 2 is 1.76 bits per heavy atom. The number of amides is 1. The molecule has 0 fully saturated rings. The third kappa shape index (κ3) is 5.11. The lowest BCUT2D eigenvalue weighted by Gasteiger charge is -2.13. The summed E-state index contributed by atoms with van der Waals surface area (Å²) in [5.41, 5.74) is 1.89. The SMILES string of the molecule is CC(C)CCn1c(=O)c2ccccc2n2c(SCC(=O)NCC(C)c3ccccc3)nnc12. The highest BCUT2D eigenvalue weighted by atomic mass is 32.2. The molecule has 0 aliphatic rings. The summed E-state index contributed by atoms with van der Waals surface area (Å²) < 4.78 is 3.59. The molecule has 172 valence electrons. The first-order valence-corrected chi connectivity index (χ1v) is 12.3. The van der Waals surface area contributed by atoms with Crippen molar-refractivity contribution in [1.82, 2.24) is 24.5 Å². The van der Waals surface area contributed by atoms with Crippen LogP contribution in [0.15, 0.2) is 64.5 Å². The molecule has 0 spiro atoms. The summed E-state index contributed by atoms with van der Waals surface area (Å²) in [7, 11) is 0. The molecule has 0 aliphatic carbocycles. The Hall–Kier alpha value is -3.13. The van der Waals surface area contributed by atoms with E-state index in [9.17, 15) is 9.59 Å². The maximum atomic E-state index is 13.1. The van der Waals surface area contributed by atoms with Crippen LogP contribution >= 0.6 is 11.8 Å². The predicted octanol–water partition coefficient (Wildman–Crippen LogP) is 4.10. The van der Waals surface area contributed by atoms with Crippen molar-refractivity contribution in [2.45, 2.75) is 44.8 Å². The molecule has 1 unspecified atom stereocenters. The summed E-state index contributed by atoms with van der Waals surface area (Å²) in [5.74, 6) is 1.37. The van der Waals surface area contributed by atoms with Gasteiger partial charge in [0.25, 0.3) is 5.56 Å². The number of carbonyl (C=O) groups is 1. The van der Waals surface area contributed by atoms with Gasteiger partial charge in [-0.25, -0.2) is 0 Å². The zero-order valence-corrected chi connectivity index (χ0v) is 20.0. The van der Waals surface area contributed by atoms with Crippen LogP contribution in [-0.4, -0.2) is 37.4 Å². The van der Waals surface area contributed by atoms with Gasteiger partial charge in [0.1, 0.15) is 0 Å². The number of hydrogen-bond acceptors (Lipinski definition) is 5. The molecule has 4 rings (SSSR count). The van der Waals surface area contributed by atoms with E-state index in [4.69, 9.17) is 0 Å². The van der Waals surface area contributed by atoms with E-state index in [2.05, 4.69) is 48.4 Å². The minimum atomic E-state index is -0.0599. The first kappa shape index (κ1) is 23.0. The summed E-state index contributed by atoms with van der Waals surface area (Å²) in [5, 5.41) is 12.9. The fourth-order valence-electron chi connectivity index (χ4n) is 3.76. The van der Waals surface area contributed by atoms with Crippen molar-refractivity contribution in [3.8, 4) is 0 Å². The number of fused-ring (bicyclic) bond motifs is 3. The molecule has 0 bridgehead atoms. The third-order valence-electron chi connectivity index (χ3n) is 5.71. The van der Waals surface area contributed by atoms with E-state index in [0.29, 0.717) is 35.3 Å². The van der Waals surface area contributed by atoms with Crippen molar-refractivity contribution in [2.75, 3.05) is 12.3 Å². The molecule has 0 radical (unpaired) electrons. The lowest BCUT2D eigenvalue weighted by molar-refractivity contribution is -0.118. The molecular formula is C25H29N5O2S. The van der Waals surface area contributed by atoms with Crippen molar-refractivity contribution in [3.05, 3.63) is 70.5 Å². The van der Waals surface area contributed by atoms with Gasteiger partial charge in [-0.1, -0.05) is 75.0 Å². The van der Waals surface area contributed by atoms with Crippen molar-refractivity contribution >= 4 is 34.3 Å². The van der Waals surface area contributed by atoms with E-state index in [1.54, 1.807) is 4.57 Å². The van der Waals surface area contributed by atoms with Gasteiger partial charge in [0.2, 0.25) is 11.7 Å². The Kier molecular flexibility index (Phi) is 7.13. The lowest BCUT2D eigenvalue weighted by Crippen LogP contribution is -2.29. The molecule has 0 saturated heterocycles. The molecule has 7 nitrogen and oxygen atoms in total. The largest absolute Gasteiger partial charge is 0.355 e. The monoisotopic (exact) mass is 463 g/mol. The molecule has 8 heteroatoms. The van der Waals surface area contributed by atoms with Crippen LogP contribution in [0.4, 0.5) is 0 Å². The number of carbonyl (C=O) groups excluding carboxylic acids is 1. The molecule has 4 aromatic rings. The van der Waals surface area contributed by atoms with Gasteiger partial charge in [0.05, 0.1) is 16.7 Å². The van der Waals surface area contributed by atoms with Crippen molar-refractivity contribution < 1.29 is 4.79 Å². The Labute approximate surface area is 197 Å². The van der Waals surface area contributed by atoms with Crippen molar-refractivity contribution in [3.63, 3.8) is 0 Å². The molecule has 33 heavy (non-hydrogen) atoms. The summed E-state index contributed by atoms with van der Waals surface area (Å²) in [6.07, 6.45) is 0.866. The minimum Gasteiger partial charge on any atom is -0.355 e. The van der Waals surface area contributed by atoms with Crippen LogP contribution in [-0.2, 0) is 11.3 Å². The quantitative estimate of drug-likeness (QED) is 0.378. The van der Waals surface area contributed by atoms with Gasteiger partial charge < -0.3 is 5.32 Å². The second-order valence-electron chi connectivity index (χ2n) is 8.68. The van der Waals surface area contributed by atoms with Gasteiger partial charge in [-0.05, 0) is 36.0 Å². The van der Waals surface area contributed by atoms with Crippen LogP contribution in [0.25, 0.3) is 16.7 Å². The van der Waals surface area contributed by atoms with Gasteiger partial charge >= 0.3 is 0 Å². The number of hydrogen-bond donors (Lipinski definition) is 1. The predicted molar refractivity (Wildman–Crippen MR) is 133 cm³/mol. The molecule has 1 amide bonds. The van der Waals surface area contributed by atoms with Gasteiger partial charge in [0.15, 0.2) is 5.16 Å². The Bertz CT molecular complexity index is 1310. The topological polar surface area (TPSA) is 81.3 Å². The van der Waals surface area contributed by atoms with E-state index in [0.717, 1.165) is 11.9 Å². The molecule has 0 saturated carbocycles. The maximum absolute atomic E-state index is 13.1. The summed E-state index contributed by atoms with van der Waals surface area (Å²) in [6, 6.07) is 17.6. The first-order chi connectivity index (χ1) is 16.0. The van der Waals surface area contributed by atoms with Gasteiger partial charge in [-0.3, -0.25) is 18.6 Å². The van der Waals surface area contributed by atoms with Gasteiger partial charge in [-0.15, -0.1) is 10.2 Å². The smallest absolute Gasteiger partial charge is 0.262 e. The normalized spacial score (nSPS) is 12.5. The highest BCUT2D eigenvalue weighted by Gasteiger charge is 2.18. The molecule has 0 aliphatic heterocycles. The maximum Gasteiger partial charge on any atom is 0.262 e. The van der Waals surface area contributed by atoms with E-state index in [1.165, 1.54) is 17.3 Å². The van der Waals surface area contributed by atoms with Crippen LogP contribution in [0.1, 0.15) is 38.7 Å². The minimum absolute atomic E-state index is 0.0584. The fraction of sp³-hybridized carbons (Fsp3) is 0.360. The average Bonchev–Trinajstić information content (AvgIpc) is 3.25. The van der Waals surface area contributed by atoms with Gasteiger partial charge in [0, 0.05) is 13.1 Å².